The molecule has 0 spiro atoms. The second-order valence-electron chi connectivity index (χ2n) is 6.49. The van der Waals surface area contributed by atoms with Gasteiger partial charge < -0.3 is 10.2 Å². The molecule has 0 aliphatic carbocycles. The van der Waals surface area contributed by atoms with Crippen molar-refractivity contribution in [3.05, 3.63) is 54.1 Å². The lowest BCUT2D eigenvalue weighted by Crippen LogP contribution is -2.28. The lowest BCUT2D eigenvalue weighted by molar-refractivity contribution is -0.122. The highest BCUT2D eigenvalue weighted by atomic mass is 32.2. The molecule has 3 N–H and O–H groups in total. The van der Waals surface area contributed by atoms with E-state index in [9.17, 15) is 18.0 Å². The molecule has 142 valence electrons. The van der Waals surface area contributed by atoms with E-state index >= 15 is 0 Å². The normalized spacial score (nSPS) is 17.2. The Morgan fingerprint density at radius 3 is 2.56 bits per heavy atom. The fourth-order valence-corrected chi connectivity index (χ4v) is 3.60. The average molecular weight is 387 g/mol. The molecule has 2 aromatic rings. The van der Waals surface area contributed by atoms with Crippen LogP contribution in [0.2, 0.25) is 0 Å². The SMILES string of the molecule is CCc1ccc(N2C[C@H](C(=O)Nc3cccc(S(N)(=O)=O)c3)CC2=O)cc1. The van der Waals surface area contributed by atoms with Crippen molar-refractivity contribution in [2.24, 2.45) is 11.1 Å². The van der Waals surface area contributed by atoms with Gasteiger partial charge in [-0.25, -0.2) is 13.6 Å². The summed E-state index contributed by atoms with van der Waals surface area (Å²) in [5, 5.41) is 7.78. The van der Waals surface area contributed by atoms with Crippen LogP contribution in [0.5, 0.6) is 0 Å². The first-order valence-electron chi connectivity index (χ1n) is 8.61. The van der Waals surface area contributed by atoms with E-state index in [0.717, 1.165) is 12.1 Å². The summed E-state index contributed by atoms with van der Waals surface area (Å²) in [5.41, 5.74) is 2.27. The summed E-state index contributed by atoms with van der Waals surface area (Å²) in [7, 11) is -3.85. The third-order valence-corrected chi connectivity index (χ3v) is 5.49. The second kappa shape index (κ2) is 7.50. The van der Waals surface area contributed by atoms with Crippen LogP contribution in [0, 0.1) is 5.92 Å². The van der Waals surface area contributed by atoms with Crippen LogP contribution in [-0.4, -0.2) is 26.8 Å². The molecule has 1 heterocycles. The molecule has 0 unspecified atom stereocenters. The van der Waals surface area contributed by atoms with E-state index in [0.29, 0.717) is 5.69 Å². The van der Waals surface area contributed by atoms with Gasteiger partial charge in [0.05, 0.1) is 10.8 Å². The van der Waals surface area contributed by atoms with Crippen molar-refractivity contribution in [1.82, 2.24) is 0 Å². The molecule has 0 aromatic heterocycles. The third kappa shape index (κ3) is 4.35. The predicted molar refractivity (Wildman–Crippen MR) is 103 cm³/mol. The van der Waals surface area contributed by atoms with Crippen LogP contribution in [0.4, 0.5) is 11.4 Å². The van der Waals surface area contributed by atoms with Crippen LogP contribution < -0.4 is 15.4 Å². The maximum absolute atomic E-state index is 12.5. The number of carbonyl (C=O) groups is 2. The number of benzene rings is 2. The van der Waals surface area contributed by atoms with Gasteiger partial charge >= 0.3 is 0 Å². The molecule has 1 aliphatic heterocycles. The number of amides is 2. The Morgan fingerprint density at radius 2 is 1.93 bits per heavy atom. The van der Waals surface area contributed by atoms with Crippen molar-refractivity contribution < 1.29 is 18.0 Å². The Balaban J connectivity index is 1.70. The van der Waals surface area contributed by atoms with Crippen molar-refractivity contribution >= 4 is 33.2 Å². The molecule has 1 atom stereocenters. The maximum Gasteiger partial charge on any atom is 0.238 e. The van der Waals surface area contributed by atoms with Crippen LogP contribution in [0.15, 0.2) is 53.4 Å². The number of nitrogens with one attached hydrogen (secondary N) is 1. The van der Waals surface area contributed by atoms with Crippen molar-refractivity contribution in [2.45, 2.75) is 24.7 Å². The molecule has 7 nitrogen and oxygen atoms in total. The van der Waals surface area contributed by atoms with Gasteiger partial charge in [-0.1, -0.05) is 25.1 Å². The summed E-state index contributed by atoms with van der Waals surface area (Å²) in [6.45, 7) is 2.34. The molecule has 2 amide bonds. The largest absolute Gasteiger partial charge is 0.326 e. The molecule has 2 aromatic carbocycles. The summed E-state index contributed by atoms with van der Waals surface area (Å²) in [6.07, 6.45) is 1.02. The number of primary sulfonamides is 1. The smallest absolute Gasteiger partial charge is 0.238 e. The van der Waals surface area contributed by atoms with Crippen LogP contribution in [0.25, 0.3) is 0 Å². The predicted octanol–water partition coefficient (Wildman–Crippen LogP) is 1.89. The fraction of sp³-hybridized carbons (Fsp3) is 0.263. The van der Waals surface area contributed by atoms with Crippen LogP contribution in [-0.2, 0) is 26.0 Å². The maximum atomic E-state index is 12.5. The van der Waals surface area contributed by atoms with Gasteiger partial charge in [0, 0.05) is 24.3 Å². The molecule has 1 saturated heterocycles. The zero-order valence-corrected chi connectivity index (χ0v) is 15.7. The number of nitrogens with zero attached hydrogens (tertiary/aromatic N) is 1. The Kier molecular flexibility index (Phi) is 5.29. The third-order valence-electron chi connectivity index (χ3n) is 4.58. The highest BCUT2D eigenvalue weighted by Gasteiger charge is 2.35. The number of hydrogen-bond acceptors (Lipinski definition) is 4. The molecule has 0 bridgehead atoms. The highest BCUT2D eigenvalue weighted by molar-refractivity contribution is 7.89. The lowest BCUT2D eigenvalue weighted by atomic mass is 10.1. The second-order valence-corrected chi connectivity index (χ2v) is 8.05. The Labute approximate surface area is 158 Å². The van der Waals surface area contributed by atoms with E-state index in [4.69, 9.17) is 5.14 Å². The van der Waals surface area contributed by atoms with Gasteiger partial charge in [-0.15, -0.1) is 0 Å². The number of sulfonamides is 1. The summed E-state index contributed by atoms with van der Waals surface area (Å²) in [4.78, 5) is 26.4. The molecule has 8 heteroatoms. The van der Waals surface area contributed by atoms with Crippen molar-refractivity contribution in [3.63, 3.8) is 0 Å². The number of rotatable bonds is 5. The lowest BCUT2D eigenvalue weighted by Gasteiger charge is -2.17. The van der Waals surface area contributed by atoms with Crippen LogP contribution >= 0.6 is 0 Å². The van der Waals surface area contributed by atoms with Crippen molar-refractivity contribution in [3.8, 4) is 0 Å². The first kappa shape index (κ1) is 19.1. The van der Waals surface area contributed by atoms with Crippen molar-refractivity contribution in [2.75, 3.05) is 16.8 Å². The van der Waals surface area contributed by atoms with Gasteiger partial charge in [-0.2, -0.15) is 0 Å². The summed E-state index contributed by atoms with van der Waals surface area (Å²) >= 11 is 0. The van der Waals surface area contributed by atoms with Gasteiger partial charge in [-0.3, -0.25) is 9.59 Å². The van der Waals surface area contributed by atoms with E-state index in [1.54, 1.807) is 11.0 Å². The molecular formula is C19H21N3O4S. The van der Waals surface area contributed by atoms with Gasteiger partial charge in [0.25, 0.3) is 0 Å². The fourth-order valence-electron chi connectivity index (χ4n) is 3.04. The summed E-state index contributed by atoms with van der Waals surface area (Å²) in [6, 6.07) is 13.4. The van der Waals surface area contributed by atoms with E-state index in [1.807, 2.05) is 24.3 Å². The molecule has 27 heavy (non-hydrogen) atoms. The van der Waals surface area contributed by atoms with Gasteiger partial charge in [0.15, 0.2) is 0 Å². The number of carbonyl (C=O) groups excluding carboxylic acids is 2. The van der Waals surface area contributed by atoms with Gasteiger partial charge in [0.1, 0.15) is 0 Å². The topological polar surface area (TPSA) is 110 Å². The quantitative estimate of drug-likeness (QED) is 0.816. The molecule has 0 radical (unpaired) electrons. The number of aryl methyl sites for hydroxylation is 1. The van der Waals surface area contributed by atoms with E-state index < -0.39 is 15.9 Å². The van der Waals surface area contributed by atoms with Crippen LogP contribution in [0.1, 0.15) is 18.9 Å². The van der Waals surface area contributed by atoms with Gasteiger partial charge in [0.2, 0.25) is 21.8 Å². The standard InChI is InChI=1S/C19H21N3O4S/c1-2-13-6-8-16(9-7-13)22-12-14(10-18(22)23)19(24)21-15-4-3-5-17(11-15)27(20,25)26/h3-9,11,14H,2,10,12H2,1H3,(H,21,24)(H2,20,25,26)/t14-/m1/s1. The van der Waals surface area contributed by atoms with Crippen LogP contribution in [0.3, 0.4) is 0 Å². The average Bonchev–Trinajstić information content (AvgIpc) is 3.03. The summed E-state index contributed by atoms with van der Waals surface area (Å²) < 4.78 is 22.9. The minimum atomic E-state index is -3.85. The van der Waals surface area contributed by atoms with E-state index in [1.165, 1.54) is 23.8 Å². The Morgan fingerprint density at radius 1 is 1.22 bits per heavy atom. The zero-order chi connectivity index (χ0) is 19.6. The number of hydrogen-bond donors (Lipinski definition) is 2. The first-order chi connectivity index (χ1) is 12.8. The zero-order valence-electron chi connectivity index (χ0n) is 14.9. The minimum Gasteiger partial charge on any atom is -0.326 e. The molecular weight excluding hydrogens is 366 g/mol. The van der Waals surface area contributed by atoms with Crippen molar-refractivity contribution in [1.29, 1.82) is 0 Å². The minimum absolute atomic E-state index is 0.0829. The highest BCUT2D eigenvalue weighted by Crippen LogP contribution is 2.26. The Hall–Kier alpha value is -2.71. The Bertz CT molecular complexity index is 971. The summed E-state index contributed by atoms with van der Waals surface area (Å²) in [5.74, 6) is -0.957. The van der Waals surface area contributed by atoms with Gasteiger partial charge in [-0.05, 0) is 42.3 Å². The number of anilines is 2. The molecule has 1 aliphatic rings. The molecule has 1 fully saturated rings. The monoisotopic (exact) mass is 387 g/mol. The first-order valence-corrected chi connectivity index (χ1v) is 10.2. The molecule has 0 saturated carbocycles. The molecule has 3 rings (SSSR count). The van der Waals surface area contributed by atoms with E-state index in [2.05, 4.69) is 12.2 Å². The van der Waals surface area contributed by atoms with E-state index in [-0.39, 0.29) is 29.7 Å². The number of nitrogens with two attached hydrogens (primary N) is 1.